The minimum atomic E-state index is -0.171. The molecule has 1 aromatic carbocycles. The van der Waals surface area contributed by atoms with E-state index >= 15 is 0 Å². The lowest BCUT2D eigenvalue weighted by atomic mass is 9.97. The number of likely N-dealkylation sites (tertiary alicyclic amines) is 1. The topological polar surface area (TPSA) is 66.9 Å². The van der Waals surface area contributed by atoms with Gasteiger partial charge >= 0.3 is 5.97 Å². The molecule has 0 unspecified atom stereocenters. The number of likely N-dealkylation sites (N-methyl/N-ethyl adjacent to an activating group) is 1. The summed E-state index contributed by atoms with van der Waals surface area (Å²) >= 11 is 0. The van der Waals surface area contributed by atoms with Gasteiger partial charge in [-0.05, 0) is 38.2 Å². The van der Waals surface area contributed by atoms with Crippen molar-refractivity contribution >= 4 is 17.8 Å². The van der Waals surface area contributed by atoms with Crippen molar-refractivity contribution in [3.05, 3.63) is 35.9 Å². The number of esters is 1. The standard InChI is InChI=1S/C21H30N2O4/c1-3-27-21(26)18-12-14-23(15-13-18)20(25)16-22(2)19(24)11-7-10-17-8-5-4-6-9-17/h4-6,8-9,18H,3,7,10-16H2,1-2H3. The maximum atomic E-state index is 12.4. The monoisotopic (exact) mass is 374 g/mol. The van der Waals surface area contributed by atoms with Gasteiger partial charge in [0.25, 0.3) is 0 Å². The molecule has 0 spiro atoms. The lowest BCUT2D eigenvalue weighted by Crippen LogP contribution is -2.45. The molecule has 1 heterocycles. The number of carbonyl (C=O) groups excluding carboxylic acids is 3. The second kappa shape index (κ2) is 10.7. The van der Waals surface area contributed by atoms with E-state index in [0.717, 1.165) is 12.8 Å². The number of nitrogens with zero attached hydrogens (tertiary/aromatic N) is 2. The zero-order valence-corrected chi connectivity index (χ0v) is 16.4. The van der Waals surface area contributed by atoms with E-state index in [0.29, 0.717) is 39.0 Å². The van der Waals surface area contributed by atoms with Crippen LogP contribution in [0.3, 0.4) is 0 Å². The van der Waals surface area contributed by atoms with Crippen molar-refractivity contribution in [2.75, 3.05) is 33.3 Å². The normalized spacial score (nSPS) is 14.7. The van der Waals surface area contributed by atoms with Crippen LogP contribution in [-0.2, 0) is 25.5 Å². The van der Waals surface area contributed by atoms with Crippen LogP contribution in [-0.4, -0.2) is 60.9 Å². The second-order valence-electron chi connectivity index (χ2n) is 7.00. The number of benzene rings is 1. The van der Waals surface area contributed by atoms with E-state index in [-0.39, 0.29) is 30.2 Å². The SMILES string of the molecule is CCOC(=O)C1CCN(C(=O)CN(C)C(=O)CCCc2ccccc2)CC1. The van der Waals surface area contributed by atoms with Gasteiger partial charge in [0, 0.05) is 26.6 Å². The zero-order valence-electron chi connectivity index (χ0n) is 16.4. The summed E-state index contributed by atoms with van der Waals surface area (Å²) in [6.45, 7) is 3.35. The minimum Gasteiger partial charge on any atom is -0.466 e. The fourth-order valence-corrected chi connectivity index (χ4v) is 3.30. The quantitative estimate of drug-likeness (QED) is 0.655. The van der Waals surface area contributed by atoms with Gasteiger partial charge < -0.3 is 14.5 Å². The Hall–Kier alpha value is -2.37. The Balaban J connectivity index is 1.68. The molecule has 1 aliphatic rings. The predicted molar refractivity (Wildman–Crippen MR) is 103 cm³/mol. The molecular formula is C21H30N2O4. The van der Waals surface area contributed by atoms with E-state index in [1.165, 1.54) is 10.5 Å². The fraction of sp³-hybridized carbons (Fsp3) is 0.571. The van der Waals surface area contributed by atoms with Crippen LogP contribution >= 0.6 is 0 Å². The predicted octanol–water partition coefficient (Wildman–Crippen LogP) is 2.27. The Bertz CT molecular complexity index is 624. The Labute approximate surface area is 161 Å². The van der Waals surface area contributed by atoms with E-state index in [1.54, 1.807) is 18.9 Å². The number of aryl methyl sites for hydroxylation is 1. The maximum absolute atomic E-state index is 12.4. The summed E-state index contributed by atoms with van der Waals surface area (Å²) in [5.74, 6) is -0.362. The molecule has 0 aromatic heterocycles. The van der Waals surface area contributed by atoms with E-state index in [4.69, 9.17) is 4.74 Å². The van der Waals surface area contributed by atoms with Crippen LogP contribution in [0.4, 0.5) is 0 Å². The molecule has 0 atom stereocenters. The number of ether oxygens (including phenoxy) is 1. The fourth-order valence-electron chi connectivity index (χ4n) is 3.30. The summed E-state index contributed by atoms with van der Waals surface area (Å²) in [4.78, 5) is 39.7. The minimum absolute atomic E-state index is 0.0132. The number of hydrogen-bond donors (Lipinski definition) is 0. The Morgan fingerprint density at radius 3 is 2.44 bits per heavy atom. The van der Waals surface area contributed by atoms with Crippen molar-refractivity contribution in [2.45, 2.75) is 39.0 Å². The van der Waals surface area contributed by atoms with Gasteiger partial charge in [0.2, 0.25) is 11.8 Å². The molecule has 6 nitrogen and oxygen atoms in total. The van der Waals surface area contributed by atoms with Gasteiger partial charge in [-0.15, -0.1) is 0 Å². The molecule has 0 radical (unpaired) electrons. The Kier molecular flexibility index (Phi) is 8.30. The van der Waals surface area contributed by atoms with Crippen molar-refractivity contribution in [1.82, 2.24) is 9.80 Å². The molecule has 0 saturated carbocycles. The molecule has 0 aliphatic carbocycles. The zero-order chi connectivity index (χ0) is 19.6. The lowest BCUT2D eigenvalue weighted by molar-refractivity contribution is -0.151. The third-order valence-electron chi connectivity index (χ3n) is 4.96. The molecule has 1 fully saturated rings. The van der Waals surface area contributed by atoms with Crippen LogP contribution in [0.15, 0.2) is 30.3 Å². The largest absolute Gasteiger partial charge is 0.466 e. The van der Waals surface area contributed by atoms with E-state index in [9.17, 15) is 14.4 Å². The van der Waals surface area contributed by atoms with Crippen LogP contribution in [0.1, 0.15) is 38.2 Å². The van der Waals surface area contributed by atoms with Crippen molar-refractivity contribution in [1.29, 1.82) is 0 Å². The summed E-state index contributed by atoms with van der Waals surface area (Å²) in [5.41, 5.74) is 1.22. The summed E-state index contributed by atoms with van der Waals surface area (Å²) in [6, 6.07) is 10.1. The highest BCUT2D eigenvalue weighted by Crippen LogP contribution is 2.19. The Morgan fingerprint density at radius 2 is 1.81 bits per heavy atom. The molecule has 6 heteroatoms. The highest BCUT2D eigenvalue weighted by molar-refractivity contribution is 5.85. The number of amides is 2. The van der Waals surface area contributed by atoms with Crippen LogP contribution in [0.5, 0.6) is 0 Å². The van der Waals surface area contributed by atoms with Gasteiger partial charge in [0.15, 0.2) is 0 Å². The molecule has 1 aliphatic heterocycles. The van der Waals surface area contributed by atoms with E-state index < -0.39 is 0 Å². The van der Waals surface area contributed by atoms with Gasteiger partial charge in [0.1, 0.15) is 0 Å². The smallest absolute Gasteiger partial charge is 0.309 e. The van der Waals surface area contributed by atoms with Crippen molar-refractivity contribution < 1.29 is 19.1 Å². The highest BCUT2D eigenvalue weighted by atomic mass is 16.5. The first kappa shape index (κ1) is 20.9. The van der Waals surface area contributed by atoms with Crippen LogP contribution in [0.25, 0.3) is 0 Å². The number of rotatable bonds is 8. The Morgan fingerprint density at radius 1 is 1.15 bits per heavy atom. The molecular weight excluding hydrogens is 344 g/mol. The first-order valence-electron chi connectivity index (χ1n) is 9.73. The van der Waals surface area contributed by atoms with Crippen molar-refractivity contribution in [3.63, 3.8) is 0 Å². The van der Waals surface area contributed by atoms with Crippen LogP contribution < -0.4 is 0 Å². The van der Waals surface area contributed by atoms with Gasteiger partial charge in [-0.1, -0.05) is 30.3 Å². The molecule has 2 amide bonds. The van der Waals surface area contributed by atoms with Crippen LogP contribution in [0, 0.1) is 5.92 Å². The number of piperidine rings is 1. The first-order chi connectivity index (χ1) is 13.0. The molecule has 1 aromatic rings. The number of hydrogen-bond acceptors (Lipinski definition) is 4. The van der Waals surface area contributed by atoms with Crippen LogP contribution in [0.2, 0.25) is 0 Å². The average Bonchev–Trinajstić information content (AvgIpc) is 2.69. The number of carbonyl (C=O) groups is 3. The summed E-state index contributed by atoms with van der Waals surface area (Å²) < 4.78 is 5.05. The van der Waals surface area contributed by atoms with Crippen molar-refractivity contribution in [2.24, 2.45) is 5.92 Å². The lowest BCUT2D eigenvalue weighted by Gasteiger charge is -2.32. The molecule has 0 bridgehead atoms. The summed E-state index contributed by atoms with van der Waals surface area (Å²) in [7, 11) is 1.67. The molecule has 1 saturated heterocycles. The third kappa shape index (κ3) is 6.70. The van der Waals surface area contributed by atoms with Gasteiger partial charge in [-0.3, -0.25) is 14.4 Å². The summed E-state index contributed by atoms with van der Waals surface area (Å²) in [5, 5.41) is 0. The first-order valence-corrected chi connectivity index (χ1v) is 9.73. The molecule has 148 valence electrons. The van der Waals surface area contributed by atoms with Gasteiger partial charge in [-0.25, -0.2) is 0 Å². The third-order valence-corrected chi connectivity index (χ3v) is 4.96. The van der Waals surface area contributed by atoms with Gasteiger partial charge in [-0.2, -0.15) is 0 Å². The maximum Gasteiger partial charge on any atom is 0.309 e. The molecule has 0 N–H and O–H groups in total. The average molecular weight is 374 g/mol. The van der Waals surface area contributed by atoms with E-state index in [2.05, 4.69) is 12.1 Å². The molecule has 27 heavy (non-hydrogen) atoms. The van der Waals surface area contributed by atoms with Crippen molar-refractivity contribution in [3.8, 4) is 0 Å². The van der Waals surface area contributed by atoms with E-state index in [1.807, 2.05) is 18.2 Å². The summed E-state index contributed by atoms with van der Waals surface area (Å²) in [6.07, 6.45) is 3.31. The van der Waals surface area contributed by atoms with Gasteiger partial charge in [0.05, 0.1) is 19.1 Å². The second-order valence-corrected chi connectivity index (χ2v) is 7.00. The molecule has 2 rings (SSSR count). The highest BCUT2D eigenvalue weighted by Gasteiger charge is 2.28.